The van der Waals surface area contributed by atoms with Gasteiger partial charge in [0, 0.05) is 29.7 Å². The summed E-state index contributed by atoms with van der Waals surface area (Å²) in [5.74, 6) is 0.992. The second-order valence-corrected chi connectivity index (χ2v) is 11.9. The number of amidine groups is 2. The number of ether oxygens (including phenoxy) is 2. The van der Waals surface area contributed by atoms with E-state index < -0.39 is 23.4 Å². The second-order valence-electron chi connectivity index (χ2n) is 11.5. The predicted molar refractivity (Wildman–Crippen MR) is 145 cm³/mol. The van der Waals surface area contributed by atoms with E-state index in [0.717, 1.165) is 29.1 Å². The van der Waals surface area contributed by atoms with Crippen molar-refractivity contribution in [1.29, 1.82) is 0 Å². The zero-order valence-electron chi connectivity index (χ0n) is 21.6. The quantitative estimate of drug-likeness (QED) is 0.456. The van der Waals surface area contributed by atoms with Crippen LogP contribution in [0.1, 0.15) is 56.6 Å². The summed E-state index contributed by atoms with van der Waals surface area (Å²) in [4.78, 5) is 9.15. The largest absolute Gasteiger partial charge is 0.463 e. The minimum absolute atomic E-state index is 0.0102. The van der Waals surface area contributed by atoms with Crippen molar-refractivity contribution in [2.75, 3.05) is 13.2 Å². The van der Waals surface area contributed by atoms with Gasteiger partial charge in [0.1, 0.15) is 17.5 Å². The number of aliphatic imine (C=N–C) groups is 2. The lowest BCUT2D eigenvalue weighted by Gasteiger charge is -2.33. The summed E-state index contributed by atoms with van der Waals surface area (Å²) < 4.78 is 11.6. The Morgan fingerprint density at radius 2 is 1.97 bits per heavy atom. The second kappa shape index (κ2) is 9.61. The van der Waals surface area contributed by atoms with Gasteiger partial charge in [0.05, 0.1) is 36.7 Å². The highest BCUT2D eigenvalue weighted by atomic mass is 35.5. The Kier molecular flexibility index (Phi) is 6.52. The van der Waals surface area contributed by atoms with E-state index in [-0.39, 0.29) is 17.9 Å². The molecule has 4 N–H and O–H groups in total. The normalized spacial score (nSPS) is 34.4. The topological polar surface area (TPSA) is 116 Å². The molecule has 2 fully saturated rings. The molecular weight excluding hydrogens is 506 g/mol. The molecule has 6 atom stereocenters. The van der Waals surface area contributed by atoms with Gasteiger partial charge in [-0.15, -0.1) is 0 Å². The van der Waals surface area contributed by atoms with Crippen LogP contribution in [0, 0.1) is 5.92 Å². The maximum absolute atomic E-state index is 10.4. The minimum Gasteiger partial charge on any atom is -0.463 e. The van der Waals surface area contributed by atoms with Gasteiger partial charge in [-0.2, -0.15) is 4.99 Å². The fourth-order valence-corrected chi connectivity index (χ4v) is 5.93. The van der Waals surface area contributed by atoms with E-state index in [2.05, 4.69) is 45.7 Å². The summed E-state index contributed by atoms with van der Waals surface area (Å²) in [6, 6.07) is 8.24. The standard InChI is InChI=1S/C29H34ClN3O5/c1-28(2,36)20-9-7-18(8-10-20)17-3-5-19(6-4-17)25-21(30)12-22-26(32-25)33-27(31-22)37-14-16-11-23(34)29(38-15-16)13-24(29)35/h3,5-10,16-17,22-24,34-36H,4,11-15H2,1-2H3,(H,31,32,33)/t16-,17?,22?,23-,24+,29-/m0/s1. The van der Waals surface area contributed by atoms with Crippen molar-refractivity contribution < 1.29 is 24.8 Å². The van der Waals surface area contributed by atoms with E-state index in [9.17, 15) is 15.3 Å². The van der Waals surface area contributed by atoms with Gasteiger partial charge < -0.3 is 30.1 Å². The van der Waals surface area contributed by atoms with Crippen molar-refractivity contribution in [2.24, 2.45) is 15.9 Å². The predicted octanol–water partition coefficient (Wildman–Crippen LogP) is 3.38. The van der Waals surface area contributed by atoms with Crippen molar-refractivity contribution in [3.63, 3.8) is 0 Å². The zero-order chi connectivity index (χ0) is 26.7. The minimum atomic E-state index is -0.851. The van der Waals surface area contributed by atoms with Crippen LogP contribution in [0.2, 0.25) is 0 Å². The van der Waals surface area contributed by atoms with E-state index in [1.807, 2.05) is 12.1 Å². The summed E-state index contributed by atoms with van der Waals surface area (Å²) in [6.45, 7) is 4.35. The van der Waals surface area contributed by atoms with Gasteiger partial charge in [-0.1, -0.05) is 54.1 Å². The Labute approximate surface area is 227 Å². The first-order valence-electron chi connectivity index (χ1n) is 13.3. The molecule has 5 aliphatic rings. The molecule has 3 aliphatic heterocycles. The lowest BCUT2D eigenvalue weighted by Crippen LogP contribution is -2.44. The molecule has 0 radical (unpaired) electrons. The molecule has 2 aliphatic carbocycles. The Bertz CT molecular complexity index is 1260. The third-order valence-electron chi connectivity index (χ3n) is 8.20. The molecular formula is C29H34ClN3O5. The molecule has 202 valence electrons. The number of hydrogen-bond donors (Lipinski definition) is 4. The fraction of sp³-hybridized carbons (Fsp3) is 0.517. The smallest absolute Gasteiger partial charge is 0.314 e. The van der Waals surface area contributed by atoms with Crippen LogP contribution in [-0.4, -0.2) is 64.2 Å². The van der Waals surface area contributed by atoms with Crippen molar-refractivity contribution in [2.45, 2.75) is 74.9 Å². The average molecular weight is 540 g/mol. The molecule has 0 aromatic heterocycles. The van der Waals surface area contributed by atoms with E-state index in [1.165, 1.54) is 5.56 Å². The van der Waals surface area contributed by atoms with Crippen molar-refractivity contribution in [1.82, 2.24) is 5.32 Å². The maximum Gasteiger partial charge on any atom is 0.314 e. The first-order chi connectivity index (χ1) is 18.1. The monoisotopic (exact) mass is 539 g/mol. The number of halogens is 1. The van der Waals surface area contributed by atoms with E-state index in [4.69, 9.17) is 21.1 Å². The van der Waals surface area contributed by atoms with Gasteiger partial charge in [-0.25, -0.2) is 4.99 Å². The Balaban J connectivity index is 1.04. The van der Waals surface area contributed by atoms with Gasteiger partial charge in [-0.05, 0) is 43.4 Å². The Hall–Kier alpha value is -2.49. The van der Waals surface area contributed by atoms with E-state index >= 15 is 0 Å². The van der Waals surface area contributed by atoms with Crippen LogP contribution in [0.3, 0.4) is 0 Å². The van der Waals surface area contributed by atoms with E-state index in [0.29, 0.717) is 43.5 Å². The number of aliphatic hydroxyl groups excluding tert-OH is 2. The number of benzene rings is 1. The number of allylic oxidation sites excluding steroid dienone is 3. The molecule has 1 spiro atoms. The van der Waals surface area contributed by atoms with Gasteiger partial charge in [0.2, 0.25) is 0 Å². The van der Waals surface area contributed by atoms with Crippen LogP contribution in [0.25, 0.3) is 0 Å². The molecule has 0 amide bonds. The summed E-state index contributed by atoms with van der Waals surface area (Å²) in [7, 11) is 0. The van der Waals surface area contributed by atoms with Crippen LogP contribution < -0.4 is 5.32 Å². The highest BCUT2D eigenvalue weighted by Gasteiger charge is 2.62. The highest BCUT2D eigenvalue weighted by Crippen LogP contribution is 2.47. The molecule has 0 bridgehead atoms. The first-order valence-corrected chi connectivity index (χ1v) is 13.7. The van der Waals surface area contributed by atoms with Crippen LogP contribution in [0.15, 0.2) is 68.8 Å². The maximum atomic E-state index is 10.4. The average Bonchev–Trinajstić information content (AvgIpc) is 3.37. The highest BCUT2D eigenvalue weighted by molar-refractivity contribution is 6.31. The Morgan fingerprint density at radius 3 is 2.61 bits per heavy atom. The third kappa shape index (κ3) is 4.84. The van der Waals surface area contributed by atoms with Crippen molar-refractivity contribution in [3.05, 3.63) is 69.9 Å². The molecule has 3 heterocycles. The third-order valence-corrected chi connectivity index (χ3v) is 8.54. The summed E-state index contributed by atoms with van der Waals surface area (Å²) in [5.41, 5.74) is 2.37. The van der Waals surface area contributed by atoms with Crippen LogP contribution in [-0.2, 0) is 15.1 Å². The van der Waals surface area contributed by atoms with Crippen molar-refractivity contribution >= 4 is 23.5 Å². The lowest BCUT2D eigenvalue weighted by atomic mass is 9.87. The van der Waals surface area contributed by atoms with Crippen LogP contribution in [0.4, 0.5) is 0 Å². The number of hydrogen-bond acceptors (Lipinski definition) is 8. The number of rotatable bonds is 5. The summed E-state index contributed by atoms with van der Waals surface area (Å²) in [5, 5.41) is 34.4. The van der Waals surface area contributed by atoms with Gasteiger partial charge >= 0.3 is 6.02 Å². The number of nitrogens with one attached hydrogen (secondary N) is 1. The molecule has 9 heteroatoms. The number of nitrogens with zero attached hydrogens (tertiary/aromatic N) is 2. The first kappa shape index (κ1) is 25.8. The summed E-state index contributed by atoms with van der Waals surface area (Å²) in [6.07, 6.45) is 7.61. The number of aliphatic hydroxyl groups is 3. The molecule has 6 rings (SSSR count). The molecule has 38 heavy (non-hydrogen) atoms. The van der Waals surface area contributed by atoms with Crippen LogP contribution >= 0.6 is 11.6 Å². The fourth-order valence-electron chi connectivity index (χ4n) is 5.63. The molecule has 1 aromatic rings. The molecule has 2 unspecified atom stereocenters. The molecule has 8 nitrogen and oxygen atoms in total. The van der Waals surface area contributed by atoms with Crippen LogP contribution in [0.5, 0.6) is 0 Å². The molecule has 1 aromatic carbocycles. The van der Waals surface area contributed by atoms with Crippen molar-refractivity contribution in [3.8, 4) is 0 Å². The zero-order valence-corrected chi connectivity index (χ0v) is 22.4. The molecule has 1 saturated heterocycles. The van der Waals surface area contributed by atoms with Gasteiger partial charge in [-0.3, -0.25) is 0 Å². The Morgan fingerprint density at radius 1 is 1.21 bits per heavy atom. The SMILES string of the molecule is CC(C)(O)c1ccc(C2C=CC(C3=C(Cl)CC4N=C(OC[C@H]5CO[C@@]6(C[C@H]6O)[C@@H](O)C5)N=C4N3)=CC2)cc1. The van der Waals surface area contributed by atoms with Gasteiger partial charge in [0.25, 0.3) is 0 Å². The molecule has 1 saturated carbocycles. The lowest BCUT2D eigenvalue weighted by molar-refractivity contribution is -0.137. The number of fused-ring (bicyclic) bond motifs is 1. The van der Waals surface area contributed by atoms with Gasteiger partial charge in [0.15, 0.2) is 0 Å². The van der Waals surface area contributed by atoms with E-state index in [1.54, 1.807) is 13.8 Å². The summed E-state index contributed by atoms with van der Waals surface area (Å²) >= 11 is 6.69.